The Bertz CT molecular complexity index is 312. The first-order chi connectivity index (χ1) is 7.77. The molecule has 3 atom stereocenters. The molecule has 0 aliphatic heterocycles. The molecule has 0 aromatic carbocycles. The Kier molecular flexibility index (Phi) is 3.91. The quantitative estimate of drug-likeness (QED) is 0.817. The molecule has 3 N–H and O–H groups in total. The molecule has 0 amide bonds. The number of pyridine rings is 1. The first kappa shape index (κ1) is 11.6. The van der Waals surface area contributed by atoms with E-state index < -0.39 is 0 Å². The summed E-state index contributed by atoms with van der Waals surface area (Å²) in [5.74, 6) is 0. The van der Waals surface area contributed by atoms with Crippen LogP contribution in [0.1, 0.15) is 44.3 Å². The third-order valence-electron chi connectivity index (χ3n) is 3.41. The van der Waals surface area contributed by atoms with Gasteiger partial charge in [0.1, 0.15) is 0 Å². The van der Waals surface area contributed by atoms with E-state index in [0.717, 1.165) is 12.1 Å². The lowest BCUT2D eigenvalue weighted by molar-refractivity contribution is 0.305. The van der Waals surface area contributed by atoms with Crippen molar-refractivity contribution in [1.29, 1.82) is 0 Å². The molecule has 1 aromatic heterocycles. The highest BCUT2D eigenvalue weighted by Gasteiger charge is 2.23. The van der Waals surface area contributed by atoms with Gasteiger partial charge in [-0.25, -0.2) is 0 Å². The minimum Gasteiger partial charge on any atom is -0.326 e. The van der Waals surface area contributed by atoms with Crippen molar-refractivity contribution in [3.8, 4) is 0 Å². The summed E-state index contributed by atoms with van der Waals surface area (Å²) >= 11 is 0. The van der Waals surface area contributed by atoms with Crippen molar-refractivity contribution >= 4 is 0 Å². The molecule has 2 rings (SSSR count). The summed E-state index contributed by atoms with van der Waals surface area (Å²) in [7, 11) is 0. The highest BCUT2D eigenvalue weighted by molar-refractivity contribution is 5.08. The summed E-state index contributed by atoms with van der Waals surface area (Å²) < 4.78 is 0. The van der Waals surface area contributed by atoms with E-state index in [1.165, 1.54) is 19.3 Å². The molecular weight excluding hydrogens is 198 g/mol. The number of hydrogen-bond donors (Lipinski definition) is 2. The van der Waals surface area contributed by atoms with Crippen molar-refractivity contribution in [3.63, 3.8) is 0 Å². The molecule has 0 radical (unpaired) electrons. The SMILES string of the molecule is C[C@@H](N[C@@H]1CCCC[C@@H]1N)c1ccccn1. The summed E-state index contributed by atoms with van der Waals surface area (Å²) in [6.45, 7) is 2.16. The lowest BCUT2D eigenvalue weighted by Crippen LogP contribution is -2.47. The van der Waals surface area contributed by atoms with Crippen LogP contribution in [0, 0.1) is 0 Å². The van der Waals surface area contributed by atoms with Crippen LogP contribution in [0.2, 0.25) is 0 Å². The van der Waals surface area contributed by atoms with Crippen LogP contribution in [-0.2, 0) is 0 Å². The summed E-state index contributed by atoms with van der Waals surface area (Å²) in [5, 5.41) is 3.60. The summed E-state index contributed by atoms with van der Waals surface area (Å²) in [6, 6.07) is 7.08. The predicted octanol–water partition coefficient (Wildman–Crippen LogP) is 2.00. The van der Waals surface area contributed by atoms with E-state index in [0.29, 0.717) is 12.1 Å². The van der Waals surface area contributed by atoms with Gasteiger partial charge in [0, 0.05) is 24.3 Å². The Morgan fingerprint density at radius 3 is 2.88 bits per heavy atom. The Balaban J connectivity index is 1.94. The summed E-state index contributed by atoms with van der Waals surface area (Å²) in [6.07, 6.45) is 6.75. The van der Waals surface area contributed by atoms with Crippen LogP contribution in [0.3, 0.4) is 0 Å². The standard InChI is InChI=1S/C13H21N3/c1-10(12-7-4-5-9-15-12)16-13-8-3-2-6-11(13)14/h4-5,7,9-11,13,16H,2-3,6,8,14H2,1H3/t10-,11+,13-/m1/s1. The second-order valence-corrected chi connectivity index (χ2v) is 4.70. The second kappa shape index (κ2) is 5.41. The Morgan fingerprint density at radius 1 is 1.38 bits per heavy atom. The second-order valence-electron chi connectivity index (χ2n) is 4.70. The van der Waals surface area contributed by atoms with Gasteiger partial charge in [0.2, 0.25) is 0 Å². The van der Waals surface area contributed by atoms with Crippen molar-refractivity contribution in [2.24, 2.45) is 5.73 Å². The smallest absolute Gasteiger partial charge is 0.0570 e. The van der Waals surface area contributed by atoms with Crippen LogP contribution < -0.4 is 11.1 Å². The maximum absolute atomic E-state index is 6.12. The number of nitrogens with zero attached hydrogens (tertiary/aromatic N) is 1. The molecule has 0 unspecified atom stereocenters. The van der Waals surface area contributed by atoms with Crippen molar-refractivity contribution in [3.05, 3.63) is 30.1 Å². The van der Waals surface area contributed by atoms with E-state index >= 15 is 0 Å². The third kappa shape index (κ3) is 2.80. The molecule has 1 fully saturated rings. The van der Waals surface area contributed by atoms with Crippen LogP contribution in [0.25, 0.3) is 0 Å². The first-order valence-electron chi connectivity index (χ1n) is 6.20. The molecule has 1 aliphatic rings. The number of hydrogen-bond acceptors (Lipinski definition) is 3. The van der Waals surface area contributed by atoms with Gasteiger partial charge in [0.15, 0.2) is 0 Å². The monoisotopic (exact) mass is 219 g/mol. The van der Waals surface area contributed by atoms with Gasteiger partial charge in [-0.3, -0.25) is 4.98 Å². The highest BCUT2D eigenvalue weighted by atomic mass is 15.0. The average molecular weight is 219 g/mol. The van der Waals surface area contributed by atoms with E-state index in [1.54, 1.807) is 0 Å². The zero-order valence-electron chi connectivity index (χ0n) is 9.89. The Labute approximate surface area is 97.5 Å². The van der Waals surface area contributed by atoms with E-state index in [1.807, 2.05) is 18.3 Å². The van der Waals surface area contributed by atoms with Crippen molar-refractivity contribution in [1.82, 2.24) is 10.3 Å². The topological polar surface area (TPSA) is 50.9 Å². The lowest BCUT2D eigenvalue weighted by Gasteiger charge is -2.31. The fourth-order valence-electron chi connectivity index (χ4n) is 2.41. The van der Waals surface area contributed by atoms with E-state index in [9.17, 15) is 0 Å². The van der Waals surface area contributed by atoms with Gasteiger partial charge in [0.25, 0.3) is 0 Å². The molecule has 1 saturated carbocycles. The minimum atomic E-state index is 0.287. The number of aromatic nitrogens is 1. The minimum absolute atomic E-state index is 0.287. The maximum atomic E-state index is 6.12. The van der Waals surface area contributed by atoms with Crippen molar-refractivity contribution < 1.29 is 0 Å². The molecule has 0 bridgehead atoms. The van der Waals surface area contributed by atoms with Crippen LogP contribution >= 0.6 is 0 Å². The van der Waals surface area contributed by atoms with Crippen molar-refractivity contribution in [2.75, 3.05) is 0 Å². The predicted molar refractivity (Wildman–Crippen MR) is 66.0 cm³/mol. The fourth-order valence-corrected chi connectivity index (χ4v) is 2.41. The fraction of sp³-hybridized carbons (Fsp3) is 0.615. The van der Waals surface area contributed by atoms with E-state index in [-0.39, 0.29) is 6.04 Å². The Hall–Kier alpha value is -0.930. The van der Waals surface area contributed by atoms with Gasteiger partial charge >= 0.3 is 0 Å². The first-order valence-corrected chi connectivity index (χ1v) is 6.20. The normalized spacial score (nSPS) is 27.6. The molecule has 0 spiro atoms. The Morgan fingerprint density at radius 2 is 2.19 bits per heavy atom. The van der Waals surface area contributed by atoms with Crippen LogP contribution in [0.4, 0.5) is 0 Å². The average Bonchev–Trinajstić information content (AvgIpc) is 2.33. The zero-order valence-corrected chi connectivity index (χ0v) is 9.89. The van der Waals surface area contributed by atoms with E-state index in [4.69, 9.17) is 5.73 Å². The van der Waals surface area contributed by atoms with Gasteiger partial charge in [-0.1, -0.05) is 18.9 Å². The number of nitrogens with two attached hydrogens (primary N) is 1. The molecule has 1 aliphatic carbocycles. The number of rotatable bonds is 3. The lowest BCUT2D eigenvalue weighted by atomic mass is 9.90. The summed E-state index contributed by atoms with van der Waals surface area (Å²) in [5.41, 5.74) is 7.22. The van der Waals surface area contributed by atoms with Crippen LogP contribution in [-0.4, -0.2) is 17.1 Å². The molecule has 1 aromatic rings. The molecular formula is C13H21N3. The van der Waals surface area contributed by atoms with Gasteiger partial charge in [-0.15, -0.1) is 0 Å². The van der Waals surface area contributed by atoms with Gasteiger partial charge in [-0.05, 0) is 31.9 Å². The molecule has 1 heterocycles. The van der Waals surface area contributed by atoms with Gasteiger partial charge < -0.3 is 11.1 Å². The number of nitrogens with one attached hydrogen (secondary N) is 1. The largest absolute Gasteiger partial charge is 0.326 e. The zero-order chi connectivity index (χ0) is 11.4. The van der Waals surface area contributed by atoms with E-state index in [2.05, 4.69) is 23.3 Å². The molecule has 3 nitrogen and oxygen atoms in total. The van der Waals surface area contributed by atoms with Crippen molar-refractivity contribution in [2.45, 2.75) is 50.7 Å². The molecule has 0 saturated heterocycles. The van der Waals surface area contributed by atoms with Crippen LogP contribution in [0.15, 0.2) is 24.4 Å². The third-order valence-corrected chi connectivity index (χ3v) is 3.41. The summed E-state index contributed by atoms with van der Waals surface area (Å²) in [4.78, 5) is 4.37. The molecule has 3 heteroatoms. The van der Waals surface area contributed by atoms with Gasteiger partial charge in [0.05, 0.1) is 5.69 Å². The van der Waals surface area contributed by atoms with Gasteiger partial charge in [-0.2, -0.15) is 0 Å². The molecule has 88 valence electrons. The van der Waals surface area contributed by atoms with Crippen LogP contribution in [0.5, 0.6) is 0 Å². The highest BCUT2D eigenvalue weighted by Crippen LogP contribution is 2.20. The maximum Gasteiger partial charge on any atom is 0.0570 e. The molecule has 16 heavy (non-hydrogen) atoms.